The van der Waals surface area contributed by atoms with Crippen molar-refractivity contribution >= 4 is 17.8 Å². The number of aromatic nitrogens is 2. The second-order valence-corrected chi connectivity index (χ2v) is 3.54. The van der Waals surface area contributed by atoms with Crippen LogP contribution in [-0.4, -0.2) is 9.97 Å². The fourth-order valence-electron chi connectivity index (χ4n) is 1.59. The van der Waals surface area contributed by atoms with E-state index in [1.54, 1.807) is 0 Å². The highest BCUT2D eigenvalue weighted by molar-refractivity contribution is 7.71. The second-order valence-electron chi connectivity index (χ2n) is 3.13. The summed E-state index contributed by atoms with van der Waals surface area (Å²) < 4.78 is 0.719. The molecule has 0 spiro atoms. The molecule has 0 saturated carbocycles. The molecule has 0 atom stereocenters. The third-order valence-electron chi connectivity index (χ3n) is 2.23. The van der Waals surface area contributed by atoms with Crippen LogP contribution in [0.15, 0.2) is 12.3 Å². The lowest BCUT2D eigenvalue weighted by atomic mass is 9.98. The monoisotopic (exact) mass is 180 g/mol. The van der Waals surface area contributed by atoms with Gasteiger partial charge in [-0.05, 0) is 43.5 Å². The molecule has 12 heavy (non-hydrogen) atoms. The second kappa shape index (κ2) is 3.27. The van der Waals surface area contributed by atoms with Crippen LogP contribution < -0.4 is 0 Å². The largest absolute Gasteiger partial charge is 0.337 e. The zero-order valence-electron chi connectivity index (χ0n) is 6.89. The standard InChI is InChI=1S/C9H12N2S/c12-9-10-6-8(11-9)7-4-2-1-3-5-7/h4,6H,1-3,5H2,(H2,10,11,12). The van der Waals surface area contributed by atoms with E-state index in [0.717, 1.165) is 4.77 Å². The molecule has 2 N–H and O–H groups in total. The number of nitrogens with one attached hydrogen (secondary N) is 2. The lowest BCUT2D eigenvalue weighted by molar-refractivity contribution is 0.740. The van der Waals surface area contributed by atoms with Gasteiger partial charge in [0.1, 0.15) is 0 Å². The minimum absolute atomic E-state index is 0.719. The Morgan fingerprint density at radius 2 is 2.25 bits per heavy atom. The van der Waals surface area contributed by atoms with Gasteiger partial charge in [-0.2, -0.15) is 0 Å². The van der Waals surface area contributed by atoms with E-state index in [1.807, 2.05) is 6.20 Å². The Bertz CT molecular complexity index is 345. The molecule has 1 heterocycles. The van der Waals surface area contributed by atoms with Gasteiger partial charge in [0.05, 0.1) is 5.69 Å². The quantitative estimate of drug-likeness (QED) is 0.639. The molecule has 3 heteroatoms. The third-order valence-corrected chi connectivity index (χ3v) is 2.45. The summed E-state index contributed by atoms with van der Waals surface area (Å²) in [4.78, 5) is 6.12. The van der Waals surface area contributed by atoms with Crippen LogP contribution in [0.5, 0.6) is 0 Å². The fourth-order valence-corrected chi connectivity index (χ4v) is 1.76. The van der Waals surface area contributed by atoms with Gasteiger partial charge >= 0.3 is 0 Å². The van der Waals surface area contributed by atoms with Gasteiger partial charge in [-0.1, -0.05) is 6.08 Å². The first kappa shape index (κ1) is 7.80. The van der Waals surface area contributed by atoms with E-state index in [1.165, 1.54) is 37.0 Å². The first-order valence-corrected chi connectivity index (χ1v) is 4.74. The van der Waals surface area contributed by atoms with Crippen molar-refractivity contribution in [2.75, 3.05) is 0 Å². The van der Waals surface area contributed by atoms with Crippen LogP contribution >= 0.6 is 12.2 Å². The topological polar surface area (TPSA) is 31.6 Å². The van der Waals surface area contributed by atoms with Crippen molar-refractivity contribution in [2.45, 2.75) is 25.7 Å². The molecular formula is C9H12N2S. The molecule has 1 aliphatic rings. The summed E-state index contributed by atoms with van der Waals surface area (Å²) in [5.74, 6) is 0. The van der Waals surface area contributed by atoms with Gasteiger partial charge in [0, 0.05) is 6.20 Å². The maximum Gasteiger partial charge on any atom is 0.174 e. The highest BCUT2D eigenvalue weighted by Crippen LogP contribution is 2.24. The highest BCUT2D eigenvalue weighted by atomic mass is 32.1. The van der Waals surface area contributed by atoms with E-state index in [4.69, 9.17) is 12.2 Å². The normalized spacial score (nSPS) is 17.5. The van der Waals surface area contributed by atoms with E-state index < -0.39 is 0 Å². The maximum atomic E-state index is 4.96. The van der Waals surface area contributed by atoms with Gasteiger partial charge in [0.15, 0.2) is 4.77 Å². The number of allylic oxidation sites excluding steroid dienone is 2. The van der Waals surface area contributed by atoms with Crippen molar-refractivity contribution in [3.8, 4) is 0 Å². The van der Waals surface area contributed by atoms with Crippen LogP contribution in [0.2, 0.25) is 0 Å². The molecule has 0 radical (unpaired) electrons. The molecule has 1 aliphatic carbocycles. The van der Waals surface area contributed by atoms with E-state index >= 15 is 0 Å². The van der Waals surface area contributed by atoms with Crippen LogP contribution in [0.3, 0.4) is 0 Å². The van der Waals surface area contributed by atoms with Crippen molar-refractivity contribution in [1.82, 2.24) is 9.97 Å². The van der Waals surface area contributed by atoms with E-state index in [9.17, 15) is 0 Å². The zero-order chi connectivity index (χ0) is 8.39. The zero-order valence-corrected chi connectivity index (χ0v) is 7.71. The Hall–Kier alpha value is -0.830. The van der Waals surface area contributed by atoms with Crippen LogP contribution in [0.4, 0.5) is 0 Å². The average Bonchev–Trinajstić information content (AvgIpc) is 2.54. The minimum Gasteiger partial charge on any atom is -0.337 e. The van der Waals surface area contributed by atoms with Crippen molar-refractivity contribution in [3.05, 3.63) is 22.7 Å². The molecule has 0 bridgehead atoms. The van der Waals surface area contributed by atoms with Gasteiger partial charge in [-0.15, -0.1) is 0 Å². The van der Waals surface area contributed by atoms with Crippen molar-refractivity contribution in [1.29, 1.82) is 0 Å². The summed E-state index contributed by atoms with van der Waals surface area (Å²) in [6.45, 7) is 0. The van der Waals surface area contributed by atoms with Gasteiger partial charge in [0.25, 0.3) is 0 Å². The van der Waals surface area contributed by atoms with Crippen molar-refractivity contribution in [2.24, 2.45) is 0 Å². The molecule has 0 amide bonds. The van der Waals surface area contributed by atoms with Gasteiger partial charge in [-0.3, -0.25) is 0 Å². The van der Waals surface area contributed by atoms with E-state index in [2.05, 4.69) is 16.0 Å². The predicted molar refractivity (Wildman–Crippen MR) is 52.4 cm³/mol. The number of H-pyrrole nitrogens is 2. The summed E-state index contributed by atoms with van der Waals surface area (Å²) in [5.41, 5.74) is 2.58. The molecule has 0 aromatic carbocycles. The number of hydrogen-bond donors (Lipinski definition) is 2. The van der Waals surface area contributed by atoms with Crippen LogP contribution in [0.25, 0.3) is 5.57 Å². The summed E-state index contributed by atoms with van der Waals surface area (Å²) in [6.07, 6.45) is 9.29. The smallest absolute Gasteiger partial charge is 0.174 e. The van der Waals surface area contributed by atoms with Crippen molar-refractivity contribution < 1.29 is 0 Å². The molecule has 1 aromatic rings. The predicted octanol–water partition coefficient (Wildman–Crippen LogP) is 3.03. The van der Waals surface area contributed by atoms with Gasteiger partial charge < -0.3 is 9.97 Å². The lowest BCUT2D eigenvalue weighted by Gasteiger charge is -2.09. The SMILES string of the molecule is S=c1[nH]cc(C2=CCCCC2)[nH]1. The molecular weight excluding hydrogens is 168 g/mol. The Labute approximate surface area is 76.7 Å². The Kier molecular flexibility index (Phi) is 2.13. The Balaban J connectivity index is 2.29. The molecule has 0 fully saturated rings. The highest BCUT2D eigenvalue weighted by Gasteiger charge is 2.06. The van der Waals surface area contributed by atoms with Gasteiger partial charge in [-0.25, -0.2) is 0 Å². The van der Waals surface area contributed by atoms with Crippen LogP contribution in [-0.2, 0) is 0 Å². The summed E-state index contributed by atoms with van der Waals surface area (Å²) in [6, 6.07) is 0. The summed E-state index contributed by atoms with van der Waals surface area (Å²) >= 11 is 4.96. The minimum atomic E-state index is 0.719. The Morgan fingerprint density at radius 1 is 1.33 bits per heavy atom. The number of hydrogen-bond acceptors (Lipinski definition) is 1. The number of imidazole rings is 1. The fraction of sp³-hybridized carbons (Fsp3) is 0.444. The molecule has 1 aromatic heterocycles. The molecule has 2 nitrogen and oxygen atoms in total. The molecule has 0 unspecified atom stereocenters. The van der Waals surface area contributed by atoms with Gasteiger partial charge in [0.2, 0.25) is 0 Å². The molecule has 0 saturated heterocycles. The van der Waals surface area contributed by atoms with Crippen molar-refractivity contribution in [3.63, 3.8) is 0 Å². The van der Waals surface area contributed by atoms with E-state index in [-0.39, 0.29) is 0 Å². The van der Waals surface area contributed by atoms with Crippen LogP contribution in [0, 0.1) is 4.77 Å². The number of rotatable bonds is 1. The average molecular weight is 180 g/mol. The maximum absolute atomic E-state index is 4.96. The Morgan fingerprint density at radius 3 is 2.83 bits per heavy atom. The summed E-state index contributed by atoms with van der Waals surface area (Å²) in [5, 5.41) is 0. The summed E-state index contributed by atoms with van der Waals surface area (Å²) in [7, 11) is 0. The molecule has 0 aliphatic heterocycles. The molecule has 64 valence electrons. The first-order valence-electron chi connectivity index (χ1n) is 4.33. The first-order chi connectivity index (χ1) is 5.86. The molecule has 2 rings (SSSR count). The van der Waals surface area contributed by atoms with E-state index in [0.29, 0.717) is 0 Å². The van der Waals surface area contributed by atoms with Crippen LogP contribution in [0.1, 0.15) is 31.4 Å². The third kappa shape index (κ3) is 1.50. The lowest BCUT2D eigenvalue weighted by Crippen LogP contribution is -1.91. The number of aromatic amines is 2.